The van der Waals surface area contributed by atoms with Crippen LogP contribution < -0.4 is 4.90 Å². The molecule has 29 heavy (non-hydrogen) atoms. The molecule has 3 aliphatic heterocycles. The summed E-state index contributed by atoms with van der Waals surface area (Å²) in [7, 11) is 0. The Balaban J connectivity index is 1.30. The molecule has 0 aromatic carbocycles. The van der Waals surface area contributed by atoms with Gasteiger partial charge in [-0.2, -0.15) is 13.2 Å². The molecular weight excluding hydrogens is 401 g/mol. The average Bonchev–Trinajstić information content (AvgIpc) is 3.19. The van der Waals surface area contributed by atoms with Crippen LogP contribution in [0.25, 0.3) is 10.2 Å². The number of fused-ring (bicyclic) bond motifs is 1. The van der Waals surface area contributed by atoms with Crippen LogP contribution in [0.1, 0.15) is 25.1 Å². The standard InChI is InChI=1S/C20H25F3N4OS/c1-13(18(2)10-28-11-18)27-8-19(9-27)3-4-26(7-19)16-15-5-14(6-20(21,22)23)29-17(15)25-12-24-16/h5,12-13H,3-4,6-11H2,1-2H3. The molecular formula is C20H25F3N4OS. The number of hydrogen-bond donors (Lipinski definition) is 0. The molecule has 5 nitrogen and oxygen atoms in total. The van der Waals surface area contributed by atoms with E-state index in [1.807, 2.05) is 0 Å². The molecule has 1 unspecified atom stereocenters. The molecule has 0 bridgehead atoms. The summed E-state index contributed by atoms with van der Waals surface area (Å²) in [5.74, 6) is 0.780. The maximum Gasteiger partial charge on any atom is 0.393 e. The smallest absolute Gasteiger partial charge is 0.380 e. The van der Waals surface area contributed by atoms with E-state index >= 15 is 0 Å². The van der Waals surface area contributed by atoms with E-state index < -0.39 is 12.6 Å². The number of anilines is 1. The molecule has 158 valence electrons. The van der Waals surface area contributed by atoms with E-state index in [-0.39, 0.29) is 10.8 Å². The lowest BCUT2D eigenvalue weighted by atomic mass is 9.73. The monoisotopic (exact) mass is 426 g/mol. The van der Waals surface area contributed by atoms with Crippen LogP contribution in [0.15, 0.2) is 12.4 Å². The normalized spacial score (nSPS) is 24.7. The van der Waals surface area contributed by atoms with Crippen molar-refractivity contribution in [1.29, 1.82) is 0 Å². The number of aromatic nitrogens is 2. The summed E-state index contributed by atoms with van der Waals surface area (Å²) in [6, 6.07) is 2.13. The predicted octanol–water partition coefficient (Wildman–Crippen LogP) is 3.73. The Kier molecular flexibility index (Phi) is 4.39. The fraction of sp³-hybridized carbons (Fsp3) is 0.700. The number of hydrogen-bond acceptors (Lipinski definition) is 6. The molecule has 0 saturated carbocycles. The zero-order chi connectivity index (χ0) is 20.4. The zero-order valence-electron chi connectivity index (χ0n) is 16.6. The molecule has 1 spiro atoms. The van der Waals surface area contributed by atoms with Gasteiger partial charge in [-0.15, -0.1) is 11.3 Å². The Morgan fingerprint density at radius 2 is 2.00 bits per heavy atom. The van der Waals surface area contributed by atoms with Crippen molar-refractivity contribution in [2.75, 3.05) is 44.3 Å². The van der Waals surface area contributed by atoms with Crippen molar-refractivity contribution in [3.05, 3.63) is 17.3 Å². The van der Waals surface area contributed by atoms with Crippen molar-refractivity contribution in [2.45, 2.75) is 38.9 Å². The second kappa shape index (κ2) is 6.52. The fourth-order valence-corrected chi connectivity index (χ4v) is 6.02. The van der Waals surface area contributed by atoms with Crippen LogP contribution in [0.4, 0.5) is 19.0 Å². The molecule has 2 aromatic rings. The zero-order valence-corrected chi connectivity index (χ0v) is 17.4. The van der Waals surface area contributed by atoms with Gasteiger partial charge in [0, 0.05) is 47.9 Å². The third kappa shape index (κ3) is 3.41. The van der Waals surface area contributed by atoms with E-state index in [4.69, 9.17) is 4.74 Å². The predicted molar refractivity (Wildman–Crippen MR) is 106 cm³/mol. The highest BCUT2D eigenvalue weighted by Crippen LogP contribution is 2.46. The molecule has 3 saturated heterocycles. The molecule has 0 N–H and O–H groups in total. The number of alkyl halides is 3. The minimum atomic E-state index is -4.21. The molecule has 3 fully saturated rings. The molecule has 0 radical (unpaired) electrons. The minimum Gasteiger partial charge on any atom is -0.380 e. The van der Waals surface area contributed by atoms with E-state index in [0.717, 1.165) is 68.4 Å². The lowest BCUT2D eigenvalue weighted by molar-refractivity contribution is -0.164. The van der Waals surface area contributed by atoms with Crippen LogP contribution in [0.2, 0.25) is 0 Å². The number of halogens is 3. The largest absolute Gasteiger partial charge is 0.393 e. The minimum absolute atomic E-state index is 0.254. The highest BCUT2D eigenvalue weighted by Gasteiger charge is 2.53. The van der Waals surface area contributed by atoms with Gasteiger partial charge in [0.2, 0.25) is 0 Å². The fourth-order valence-electron chi connectivity index (χ4n) is 5.00. The molecule has 1 atom stereocenters. The maximum atomic E-state index is 12.8. The van der Waals surface area contributed by atoms with Gasteiger partial charge in [0.05, 0.1) is 25.0 Å². The first-order chi connectivity index (χ1) is 13.7. The Bertz CT molecular complexity index is 920. The van der Waals surface area contributed by atoms with Crippen LogP contribution >= 0.6 is 11.3 Å². The lowest BCUT2D eigenvalue weighted by Crippen LogP contribution is -2.66. The van der Waals surface area contributed by atoms with Crippen LogP contribution in [0.3, 0.4) is 0 Å². The van der Waals surface area contributed by atoms with Gasteiger partial charge in [-0.1, -0.05) is 6.92 Å². The quantitative estimate of drug-likeness (QED) is 0.745. The van der Waals surface area contributed by atoms with Gasteiger partial charge in [-0.25, -0.2) is 9.97 Å². The number of rotatable bonds is 4. The summed E-state index contributed by atoms with van der Waals surface area (Å²) >= 11 is 1.11. The van der Waals surface area contributed by atoms with Gasteiger partial charge < -0.3 is 9.64 Å². The summed E-state index contributed by atoms with van der Waals surface area (Å²) in [5, 5.41) is 0.748. The molecule has 0 amide bonds. The first-order valence-corrected chi connectivity index (χ1v) is 10.9. The second-order valence-corrected chi connectivity index (χ2v) is 10.4. The van der Waals surface area contributed by atoms with E-state index in [2.05, 4.69) is 33.6 Å². The van der Waals surface area contributed by atoms with Crippen LogP contribution in [-0.2, 0) is 11.2 Å². The van der Waals surface area contributed by atoms with Crippen LogP contribution in [-0.4, -0.2) is 66.5 Å². The molecule has 0 aliphatic carbocycles. The summed E-state index contributed by atoms with van der Waals surface area (Å²) in [6.07, 6.45) is -2.55. The Hall–Kier alpha value is -1.45. The molecule has 5 heterocycles. The Labute approximate surface area is 171 Å². The summed E-state index contributed by atoms with van der Waals surface area (Å²) in [4.78, 5) is 14.4. The maximum absolute atomic E-state index is 12.8. The van der Waals surface area contributed by atoms with Gasteiger partial charge >= 0.3 is 6.18 Å². The van der Waals surface area contributed by atoms with Gasteiger partial charge in [0.25, 0.3) is 0 Å². The molecule has 5 rings (SSSR count). The number of thiophene rings is 1. The molecule has 3 aliphatic rings. The second-order valence-electron chi connectivity index (χ2n) is 9.32. The SMILES string of the molecule is CC(N1CC2(CCN(c3ncnc4sc(CC(F)(F)F)cc34)C2)C1)C1(C)COC1. The van der Waals surface area contributed by atoms with Crippen LogP contribution in [0, 0.1) is 10.8 Å². The number of nitrogens with zero attached hydrogens (tertiary/aromatic N) is 4. The number of likely N-dealkylation sites (tertiary alicyclic amines) is 1. The third-order valence-corrected chi connectivity index (χ3v) is 8.01. The van der Waals surface area contributed by atoms with Crippen molar-refractivity contribution in [3.8, 4) is 0 Å². The average molecular weight is 427 g/mol. The highest BCUT2D eigenvalue weighted by atomic mass is 32.1. The first-order valence-electron chi connectivity index (χ1n) is 10.0. The van der Waals surface area contributed by atoms with Crippen molar-refractivity contribution < 1.29 is 17.9 Å². The van der Waals surface area contributed by atoms with E-state index in [1.54, 1.807) is 6.07 Å². The van der Waals surface area contributed by atoms with Gasteiger partial charge in [0.1, 0.15) is 17.0 Å². The summed E-state index contributed by atoms with van der Waals surface area (Å²) < 4.78 is 43.8. The van der Waals surface area contributed by atoms with Crippen LogP contribution in [0.5, 0.6) is 0 Å². The Morgan fingerprint density at radius 1 is 1.24 bits per heavy atom. The third-order valence-electron chi connectivity index (χ3n) is 6.97. The van der Waals surface area contributed by atoms with Gasteiger partial charge in [-0.05, 0) is 19.4 Å². The van der Waals surface area contributed by atoms with E-state index in [0.29, 0.717) is 15.7 Å². The van der Waals surface area contributed by atoms with Gasteiger partial charge in [-0.3, -0.25) is 4.90 Å². The first kappa shape index (κ1) is 19.5. The highest BCUT2D eigenvalue weighted by molar-refractivity contribution is 7.18. The van der Waals surface area contributed by atoms with Gasteiger partial charge in [0.15, 0.2) is 0 Å². The summed E-state index contributed by atoms with van der Waals surface area (Å²) in [5.41, 5.74) is 0.515. The van der Waals surface area contributed by atoms with Crippen molar-refractivity contribution >= 4 is 27.4 Å². The summed E-state index contributed by atoms with van der Waals surface area (Å²) in [6.45, 7) is 10.2. The molecule has 2 aromatic heterocycles. The topological polar surface area (TPSA) is 41.5 Å². The van der Waals surface area contributed by atoms with Crippen molar-refractivity contribution in [3.63, 3.8) is 0 Å². The van der Waals surface area contributed by atoms with E-state index in [9.17, 15) is 13.2 Å². The Morgan fingerprint density at radius 3 is 2.66 bits per heavy atom. The van der Waals surface area contributed by atoms with Crippen molar-refractivity contribution in [2.24, 2.45) is 10.8 Å². The van der Waals surface area contributed by atoms with Crippen molar-refractivity contribution in [1.82, 2.24) is 14.9 Å². The lowest BCUT2D eigenvalue weighted by Gasteiger charge is -2.57. The number of ether oxygens (including phenoxy) is 1. The van der Waals surface area contributed by atoms with E-state index in [1.165, 1.54) is 6.33 Å². The molecule has 9 heteroatoms.